The van der Waals surface area contributed by atoms with Crippen LogP contribution in [0.5, 0.6) is 0 Å². The van der Waals surface area contributed by atoms with Crippen LogP contribution < -0.4 is 10.6 Å². The molecule has 2 heterocycles. The molecule has 2 rings (SSSR count). The first-order valence-corrected chi connectivity index (χ1v) is 6.99. The van der Waals surface area contributed by atoms with E-state index in [-0.39, 0.29) is 5.95 Å². The number of hydrogen-bond donors (Lipinski definition) is 1. The van der Waals surface area contributed by atoms with Crippen molar-refractivity contribution in [2.75, 3.05) is 23.7 Å². The van der Waals surface area contributed by atoms with Crippen LogP contribution in [0.4, 0.5) is 11.8 Å². The first-order valence-electron chi connectivity index (χ1n) is 6.61. The topological polar surface area (TPSA) is 55.0 Å². The predicted octanol–water partition coefficient (Wildman–Crippen LogP) is 2.97. The molecule has 1 aliphatic rings. The lowest BCUT2D eigenvalue weighted by molar-refractivity contribution is 0.351. The Bertz CT molecular complexity index is 388. The minimum Gasteiger partial charge on any atom is -0.368 e. The highest BCUT2D eigenvalue weighted by molar-refractivity contribution is 6.29. The molecule has 1 aliphatic heterocycles. The van der Waals surface area contributed by atoms with Crippen LogP contribution in [0.15, 0.2) is 6.07 Å². The van der Waals surface area contributed by atoms with E-state index in [0.717, 1.165) is 30.7 Å². The van der Waals surface area contributed by atoms with Gasteiger partial charge in [0.15, 0.2) is 0 Å². The number of hydrogen-bond acceptors (Lipinski definition) is 4. The van der Waals surface area contributed by atoms with Gasteiger partial charge in [-0.25, -0.2) is 4.98 Å². The normalized spacial score (nSPS) is 21.1. The third-order valence-corrected chi connectivity index (χ3v) is 3.93. The van der Waals surface area contributed by atoms with E-state index in [0.29, 0.717) is 5.15 Å². The maximum Gasteiger partial charge on any atom is 0.223 e. The van der Waals surface area contributed by atoms with Crippen LogP contribution in [0.1, 0.15) is 33.1 Å². The molecular weight excluding hydrogens is 248 g/mol. The molecule has 1 atom stereocenters. The highest BCUT2D eigenvalue weighted by atomic mass is 35.5. The molecule has 5 heteroatoms. The second-order valence-electron chi connectivity index (χ2n) is 5.33. The second-order valence-corrected chi connectivity index (χ2v) is 5.72. The van der Waals surface area contributed by atoms with E-state index in [1.165, 1.54) is 19.3 Å². The van der Waals surface area contributed by atoms with Gasteiger partial charge in [-0.15, -0.1) is 0 Å². The summed E-state index contributed by atoms with van der Waals surface area (Å²) in [6, 6.07) is 1.80. The zero-order chi connectivity index (χ0) is 13.1. The van der Waals surface area contributed by atoms with E-state index in [1.54, 1.807) is 6.07 Å². The fraction of sp³-hybridized carbons (Fsp3) is 0.692. The van der Waals surface area contributed by atoms with Gasteiger partial charge in [-0.1, -0.05) is 25.4 Å². The van der Waals surface area contributed by atoms with E-state index in [4.69, 9.17) is 17.3 Å². The summed E-state index contributed by atoms with van der Waals surface area (Å²) in [5.41, 5.74) is 5.65. The van der Waals surface area contributed by atoms with E-state index in [1.807, 2.05) is 0 Å². The Kier molecular flexibility index (Phi) is 4.27. The summed E-state index contributed by atoms with van der Waals surface area (Å²) in [5, 5.41) is 0.419. The molecule has 18 heavy (non-hydrogen) atoms. The third-order valence-electron chi connectivity index (χ3n) is 3.74. The summed E-state index contributed by atoms with van der Waals surface area (Å²) in [6.45, 7) is 6.66. The smallest absolute Gasteiger partial charge is 0.223 e. The summed E-state index contributed by atoms with van der Waals surface area (Å²) in [6.07, 6.45) is 3.70. The Morgan fingerprint density at radius 1 is 1.33 bits per heavy atom. The molecule has 0 amide bonds. The van der Waals surface area contributed by atoms with Gasteiger partial charge < -0.3 is 10.6 Å². The fourth-order valence-corrected chi connectivity index (χ4v) is 2.79. The number of nitrogens with zero attached hydrogens (tertiary/aromatic N) is 3. The van der Waals surface area contributed by atoms with Crippen LogP contribution >= 0.6 is 11.6 Å². The quantitative estimate of drug-likeness (QED) is 0.838. The van der Waals surface area contributed by atoms with Gasteiger partial charge in [0.2, 0.25) is 5.95 Å². The van der Waals surface area contributed by atoms with Gasteiger partial charge in [0.1, 0.15) is 11.0 Å². The first kappa shape index (κ1) is 13.4. The van der Waals surface area contributed by atoms with Crippen molar-refractivity contribution in [1.29, 1.82) is 0 Å². The summed E-state index contributed by atoms with van der Waals surface area (Å²) in [5.74, 6) is 2.67. The summed E-state index contributed by atoms with van der Waals surface area (Å²) >= 11 is 5.93. The zero-order valence-corrected chi connectivity index (χ0v) is 11.8. The third kappa shape index (κ3) is 3.25. The molecule has 100 valence electrons. The highest BCUT2D eigenvalue weighted by Crippen LogP contribution is 2.27. The number of rotatable bonds is 2. The molecule has 2 N–H and O–H groups in total. The summed E-state index contributed by atoms with van der Waals surface area (Å²) in [4.78, 5) is 10.4. The van der Waals surface area contributed by atoms with Crippen LogP contribution in [0.2, 0.25) is 5.15 Å². The Morgan fingerprint density at radius 2 is 2.11 bits per heavy atom. The average Bonchev–Trinajstić information content (AvgIpc) is 2.52. The van der Waals surface area contributed by atoms with E-state index in [9.17, 15) is 0 Å². The minimum atomic E-state index is 0.252. The van der Waals surface area contributed by atoms with Gasteiger partial charge >= 0.3 is 0 Å². The monoisotopic (exact) mass is 268 g/mol. The molecule has 1 aromatic rings. The molecule has 4 nitrogen and oxygen atoms in total. The molecule has 0 spiro atoms. The van der Waals surface area contributed by atoms with E-state index >= 15 is 0 Å². The lowest BCUT2D eigenvalue weighted by Crippen LogP contribution is -2.26. The van der Waals surface area contributed by atoms with Crippen LogP contribution in [-0.4, -0.2) is 23.1 Å². The lowest BCUT2D eigenvalue weighted by atomic mass is 9.89. The molecule has 0 saturated carbocycles. The fourth-order valence-electron chi connectivity index (χ4n) is 2.60. The van der Waals surface area contributed by atoms with Gasteiger partial charge in [0.05, 0.1) is 0 Å². The highest BCUT2D eigenvalue weighted by Gasteiger charge is 2.20. The van der Waals surface area contributed by atoms with Crippen LogP contribution in [0, 0.1) is 11.8 Å². The van der Waals surface area contributed by atoms with Crippen molar-refractivity contribution in [3.8, 4) is 0 Å². The number of nitrogen functional groups attached to an aromatic ring is 1. The van der Waals surface area contributed by atoms with Crippen LogP contribution in [-0.2, 0) is 0 Å². The van der Waals surface area contributed by atoms with Gasteiger partial charge in [0, 0.05) is 19.2 Å². The Labute approximate surface area is 114 Å². The van der Waals surface area contributed by atoms with Gasteiger partial charge in [-0.2, -0.15) is 4.98 Å². The molecule has 1 unspecified atom stereocenters. The lowest BCUT2D eigenvalue weighted by Gasteiger charge is -2.22. The molecule has 0 radical (unpaired) electrons. The maximum absolute atomic E-state index is 5.93. The molecule has 1 saturated heterocycles. The van der Waals surface area contributed by atoms with Crippen molar-refractivity contribution in [3.05, 3.63) is 11.2 Å². The van der Waals surface area contributed by atoms with Crippen LogP contribution in [0.25, 0.3) is 0 Å². The summed E-state index contributed by atoms with van der Waals surface area (Å²) in [7, 11) is 0. The van der Waals surface area contributed by atoms with Crippen molar-refractivity contribution < 1.29 is 0 Å². The molecule has 0 aromatic carbocycles. The predicted molar refractivity (Wildman–Crippen MR) is 75.8 cm³/mol. The minimum absolute atomic E-state index is 0.252. The average molecular weight is 269 g/mol. The maximum atomic E-state index is 5.93. The van der Waals surface area contributed by atoms with E-state index in [2.05, 4.69) is 28.7 Å². The van der Waals surface area contributed by atoms with Crippen molar-refractivity contribution >= 4 is 23.4 Å². The Morgan fingerprint density at radius 3 is 2.78 bits per heavy atom. The van der Waals surface area contributed by atoms with Crippen molar-refractivity contribution in [2.45, 2.75) is 33.1 Å². The second kappa shape index (κ2) is 5.74. The number of anilines is 2. The molecule has 1 aromatic heterocycles. The Balaban J connectivity index is 2.09. The number of aromatic nitrogens is 2. The Hall–Kier alpha value is -1.03. The summed E-state index contributed by atoms with van der Waals surface area (Å²) < 4.78 is 0. The van der Waals surface area contributed by atoms with Gasteiger partial charge in [-0.3, -0.25) is 0 Å². The van der Waals surface area contributed by atoms with Gasteiger partial charge in [0.25, 0.3) is 0 Å². The molecule has 1 fully saturated rings. The SMILES string of the molecule is CC(C)C1CCCN(c2cc(Cl)nc(N)n2)CC1. The molecule has 0 aliphatic carbocycles. The van der Waals surface area contributed by atoms with Crippen LogP contribution in [0.3, 0.4) is 0 Å². The standard InChI is InChI=1S/C13H21ClN4/c1-9(2)10-4-3-6-18(7-5-10)12-8-11(14)16-13(15)17-12/h8-10H,3-7H2,1-2H3,(H2,15,16,17). The zero-order valence-electron chi connectivity index (χ0n) is 11.1. The molecular formula is C13H21ClN4. The molecule has 0 bridgehead atoms. The number of halogens is 1. The van der Waals surface area contributed by atoms with Crippen molar-refractivity contribution in [3.63, 3.8) is 0 Å². The van der Waals surface area contributed by atoms with E-state index < -0.39 is 0 Å². The van der Waals surface area contributed by atoms with Crippen molar-refractivity contribution in [1.82, 2.24) is 9.97 Å². The number of nitrogens with two attached hydrogens (primary N) is 1. The van der Waals surface area contributed by atoms with Gasteiger partial charge in [-0.05, 0) is 31.1 Å². The largest absolute Gasteiger partial charge is 0.368 e. The first-order chi connectivity index (χ1) is 8.56. The van der Waals surface area contributed by atoms with Crippen molar-refractivity contribution in [2.24, 2.45) is 11.8 Å².